The number of rotatable bonds is 7. The number of halogens is 1. The molecule has 1 unspecified atom stereocenters. The Morgan fingerprint density at radius 3 is 2.69 bits per heavy atom. The van der Waals surface area contributed by atoms with Gasteiger partial charge in [-0.2, -0.15) is 0 Å². The van der Waals surface area contributed by atoms with E-state index in [0.29, 0.717) is 29.2 Å². The number of benzene rings is 2. The second-order valence-electron chi connectivity index (χ2n) is 6.62. The molecule has 6 nitrogen and oxygen atoms in total. The maximum Gasteiger partial charge on any atom is 0.262 e. The van der Waals surface area contributed by atoms with Crippen molar-refractivity contribution in [3.8, 4) is 0 Å². The number of hydrogen-bond acceptors (Lipinski definition) is 5. The van der Waals surface area contributed by atoms with Gasteiger partial charge in [-0.1, -0.05) is 45.4 Å². The lowest BCUT2D eigenvalue weighted by Gasteiger charge is -2.16. The number of fused-ring (bicyclic) bond motifs is 1. The van der Waals surface area contributed by atoms with Crippen LogP contribution in [0, 0.1) is 6.92 Å². The summed E-state index contributed by atoms with van der Waals surface area (Å²) in [6.45, 7) is 4.53. The average molecular weight is 476 g/mol. The van der Waals surface area contributed by atoms with Crippen molar-refractivity contribution in [1.29, 1.82) is 0 Å². The molecule has 1 N–H and O–H groups in total. The Morgan fingerprint density at radius 1 is 1.28 bits per heavy atom. The van der Waals surface area contributed by atoms with Crippen LogP contribution in [0.4, 0.5) is 5.69 Å². The molecule has 0 bridgehead atoms. The number of thioether (sulfide) groups is 1. The Balaban J connectivity index is 1.88. The number of ether oxygens (including phenoxy) is 1. The molecule has 152 valence electrons. The quantitative estimate of drug-likeness (QED) is 0.408. The Bertz CT molecular complexity index is 1080. The lowest BCUT2D eigenvalue weighted by Crippen LogP contribution is -2.28. The monoisotopic (exact) mass is 475 g/mol. The summed E-state index contributed by atoms with van der Waals surface area (Å²) in [5, 5.41) is 3.48. The molecular weight excluding hydrogens is 454 g/mol. The highest BCUT2D eigenvalue weighted by Crippen LogP contribution is 2.25. The van der Waals surface area contributed by atoms with Crippen molar-refractivity contribution in [2.75, 3.05) is 19.0 Å². The zero-order chi connectivity index (χ0) is 21.0. The second kappa shape index (κ2) is 9.56. The van der Waals surface area contributed by atoms with Crippen molar-refractivity contribution in [2.45, 2.75) is 30.8 Å². The molecule has 0 saturated carbocycles. The number of hydrogen-bond donors (Lipinski definition) is 1. The van der Waals surface area contributed by atoms with E-state index in [-0.39, 0.29) is 11.5 Å². The van der Waals surface area contributed by atoms with Crippen molar-refractivity contribution in [3.05, 3.63) is 62.9 Å². The topological polar surface area (TPSA) is 73.2 Å². The number of nitrogens with one attached hydrogen (secondary N) is 1. The molecule has 3 aromatic rings. The summed E-state index contributed by atoms with van der Waals surface area (Å²) in [7, 11) is 1.58. The SMILES string of the molecule is COCCn1c(SC(C)C(=O)Nc2ccc(C)cc2)nc2ccc(Br)cc2c1=O. The Hall–Kier alpha value is -2.16. The molecule has 0 fully saturated rings. The third kappa shape index (κ3) is 5.26. The fourth-order valence-corrected chi connectivity index (χ4v) is 4.03. The van der Waals surface area contributed by atoms with Gasteiger partial charge in [0, 0.05) is 17.3 Å². The molecule has 2 aromatic carbocycles. The molecule has 1 heterocycles. The first kappa shape index (κ1) is 21.5. The highest BCUT2D eigenvalue weighted by atomic mass is 79.9. The summed E-state index contributed by atoms with van der Waals surface area (Å²) in [5.74, 6) is -0.151. The molecule has 1 atom stereocenters. The molecular formula is C21H22BrN3O3S. The second-order valence-corrected chi connectivity index (χ2v) is 8.84. The molecule has 0 radical (unpaired) electrons. The predicted molar refractivity (Wildman–Crippen MR) is 121 cm³/mol. The largest absolute Gasteiger partial charge is 0.383 e. The normalized spacial score (nSPS) is 12.1. The first-order chi connectivity index (χ1) is 13.9. The average Bonchev–Trinajstić information content (AvgIpc) is 2.70. The first-order valence-electron chi connectivity index (χ1n) is 9.12. The summed E-state index contributed by atoms with van der Waals surface area (Å²) >= 11 is 4.66. The number of methoxy groups -OCH3 is 1. The van der Waals surface area contributed by atoms with Crippen LogP contribution >= 0.6 is 27.7 Å². The van der Waals surface area contributed by atoms with E-state index in [1.807, 2.05) is 37.3 Å². The van der Waals surface area contributed by atoms with Crippen molar-refractivity contribution in [2.24, 2.45) is 0 Å². The van der Waals surface area contributed by atoms with E-state index < -0.39 is 5.25 Å². The Kier molecular flexibility index (Phi) is 7.10. The highest BCUT2D eigenvalue weighted by Gasteiger charge is 2.20. The van der Waals surface area contributed by atoms with Crippen LogP contribution in [-0.4, -0.2) is 34.4 Å². The fourth-order valence-electron chi connectivity index (χ4n) is 2.73. The molecule has 0 spiro atoms. The van der Waals surface area contributed by atoms with Gasteiger partial charge in [-0.25, -0.2) is 4.98 Å². The van der Waals surface area contributed by atoms with Crippen LogP contribution in [0.25, 0.3) is 10.9 Å². The number of amides is 1. The van der Waals surface area contributed by atoms with E-state index in [1.165, 1.54) is 11.8 Å². The van der Waals surface area contributed by atoms with Crippen molar-refractivity contribution in [3.63, 3.8) is 0 Å². The number of carbonyl (C=O) groups is 1. The van der Waals surface area contributed by atoms with Crippen LogP contribution in [-0.2, 0) is 16.1 Å². The Labute approximate surface area is 181 Å². The molecule has 1 amide bonds. The van der Waals surface area contributed by atoms with Gasteiger partial charge in [-0.15, -0.1) is 0 Å². The van der Waals surface area contributed by atoms with Crippen LogP contribution in [0.15, 0.2) is 56.9 Å². The van der Waals surface area contributed by atoms with E-state index >= 15 is 0 Å². The number of anilines is 1. The maximum atomic E-state index is 13.0. The molecule has 0 aliphatic heterocycles. The Morgan fingerprint density at radius 2 is 2.00 bits per heavy atom. The van der Waals surface area contributed by atoms with Crippen LogP contribution in [0.1, 0.15) is 12.5 Å². The summed E-state index contributed by atoms with van der Waals surface area (Å²) in [5.41, 5.74) is 2.31. The maximum absolute atomic E-state index is 13.0. The molecule has 0 saturated heterocycles. The summed E-state index contributed by atoms with van der Waals surface area (Å²) < 4.78 is 7.53. The zero-order valence-electron chi connectivity index (χ0n) is 16.4. The van der Waals surface area contributed by atoms with Crippen LogP contribution < -0.4 is 10.9 Å². The third-order valence-electron chi connectivity index (χ3n) is 4.37. The van der Waals surface area contributed by atoms with Gasteiger partial charge in [0.2, 0.25) is 5.91 Å². The smallest absolute Gasteiger partial charge is 0.262 e. The molecule has 0 aliphatic carbocycles. The van der Waals surface area contributed by atoms with E-state index in [2.05, 4.69) is 26.2 Å². The van der Waals surface area contributed by atoms with Gasteiger partial charge in [0.15, 0.2) is 5.16 Å². The van der Waals surface area contributed by atoms with Gasteiger partial charge < -0.3 is 10.1 Å². The number of nitrogens with zero attached hydrogens (tertiary/aromatic N) is 2. The van der Waals surface area contributed by atoms with Gasteiger partial charge in [-0.05, 0) is 44.2 Å². The third-order valence-corrected chi connectivity index (χ3v) is 5.95. The van der Waals surface area contributed by atoms with E-state index in [9.17, 15) is 9.59 Å². The molecule has 8 heteroatoms. The van der Waals surface area contributed by atoms with Gasteiger partial charge in [-0.3, -0.25) is 14.2 Å². The number of aryl methyl sites for hydroxylation is 1. The highest BCUT2D eigenvalue weighted by molar-refractivity contribution is 9.10. The predicted octanol–water partition coefficient (Wildman–Crippen LogP) is 4.23. The molecule has 3 rings (SSSR count). The minimum atomic E-state index is -0.440. The minimum absolute atomic E-state index is 0.151. The fraction of sp³-hybridized carbons (Fsp3) is 0.286. The van der Waals surface area contributed by atoms with Gasteiger partial charge in [0.1, 0.15) is 0 Å². The lowest BCUT2D eigenvalue weighted by atomic mass is 10.2. The lowest BCUT2D eigenvalue weighted by molar-refractivity contribution is -0.115. The minimum Gasteiger partial charge on any atom is -0.383 e. The van der Waals surface area contributed by atoms with E-state index in [0.717, 1.165) is 15.7 Å². The van der Waals surface area contributed by atoms with Crippen LogP contribution in [0.2, 0.25) is 0 Å². The summed E-state index contributed by atoms with van der Waals surface area (Å²) in [6.07, 6.45) is 0. The number of carbonyl (C=O) groups excluding carboxylic acids is 1. The number of aromatic nitrogens is 2. The van der Waals surface area contributed by atoms with Crippen LogP contribution in [0.3, 0.4) is 0 Å². The van der Waals surface area contributed by atoms with Crippen LogP contribution in [0.5, 0.6) is 0 Å². The van der Waals surface area contributed by atoms with Crippen molar-refractivity contribution in [1.82, 2.24) is 9.55 Å². The first-order valence-corrected chi connectivity index (χ1v) is 10.8. The standard InChI is InChI=1S/C21H22BrN3O3S/c1-13-4-7-16(8-5-13)23-19(26)14(2)29-21-24-18-9-6-15(22)12-17(18)20(27)25(21)10-11-28-3/h4-9,12,14H,10-11H2,1-3H3,(H,23,26). The summed E-state index contributed by atoms with van der Waals surface area (Å²) in [6, 6.07) is 13.0. The van der Waals surface area contributed by atoms with Gasteiger partial charge in [0.05, 0.1) is 29.3 Å². The molecule has 29 heavy (non-hydrogen) atoms. The van der Waals surface area contributed by atoms with E-state index in [1.54, 1.807) is 30.7 Å². The van der Waals surface area contributed by atoms with Gasteiger partial charge in [0.25, 0.3) is 5.56 Å². The summed E-state index contributed by atoms with van der Waals surface area (Å²) in [4.78, 5) is 30.3. The zero-order valence-corrected chi connectivity index (χ0v) is 18.8. The van der Waals surface area contributed by atoms with E-state index in [4.69, 9.17) is 4.74 Å². The molecule has 0 aliphatic rings. The van der Waals surface area contributed by atoms with Crippen molar-refractivity contribution >= 4 is 50.2 Å². The van der Waals surface area contributed by atoms with Crippen molar-refractivity contribution < 1.29 is 9.53 Å². The molecule has 1 aromatic heterocycles. The van der Waals surface area contributed by atoms with Gasteiger partial charge >= 0.3 is 0 Å².